The average molecular weight is 419 g/mol. The van der Waals surface area contributed by atoms with Gasteiger partial charge in [-0.05, 0) is 43.5 Å². The first kappa shape index (κ1) is 20.0. The van der Waals surface area contributed by atoms with Crippen molar-refractivity contribution in [1.29, 1.82) is 0 Å². The number of nitrogens with zero attached hydrogens (tertiary/aromatic N) is 2. The largest absolute Gasteiger partial charge is 0.503 e. The summed E-state index contributed by atoms with van der Waals surface area (Å²) in [6.07, 6.45) is 0.883. The quantitative estimate of drug-likeness (QED) is 0.585. The maximum Gasteiger partial charge on any atom is 0.294 e. The molecular formula is C24H22N2O3S. The van der Waals surface area contributed by atoms with Crippen LogP contribution in [0.5, 0.6) is 0 Å². The lowest BCUT2D eigenvalue weighted by Gasteiger charge is -2.27. The van der Waals surface area contributed by atoms with E-state index in [-0.39, 0.29) is 11.4 Å². The third-order valence-electron chi connectivity index (χ3n) is 5.30. The van der Waals surface area contributed by atoms with Gasteiger partial charge in [-0.25, -0.2) is 4.98 Å². The Hall–Kier alpha value is -3.25. The van der Waals surface area contributed by atoms with Gasteiger partial charge in [-0.15, -0.1) is 11.3 Å². The van der Waals surface area contributed by atoms with Crippen LogP contribution in [0.4, 0.5) is 5.69 Å². The van der Waals surface area contributed by atoms with Gasteiger partial charge in [0.25, 0.3) is 5.91 Å². The lowest BCUT2D eigenvalue weighted by Crippen LogP contribution is -2.31. The zero-order valence-electron chi connectivity index (χ0n) is 17.0. The molecule has 1 unspecified atom stereocenters. The van der Waals surface area contributed by atoms with Crippen LogP contribution in [0.2, 0.25) is 0 Å². The highest BCUT2D eigenvalue weighted by Gasteiger charge is 2.45. The van der Waals surface area contributed by atoms with E-state index in [2.05, 4.69) is 11.9 Å². The van der Waals surface area contributed by atoms with E-state index in [1.165, 1.54) is 16.2 Å². The van der Waals surface area contributed by atoms with Crippen molar-refractivity contribution < 1.29 is 14.7 Å². The summed E-state index contributed by atoms with van der Waals surface area (Å²) in [6, 6.07) is 16.2. The smallest absolute Gasteiger partial charge is 0.294 e. The molecule has 0 saturated carbocycles. The molecule has 0 aliphatic carbocycles. The molecule has 1 amide bonds. The number of rotatable bonds is 5. The summed E-state index contributed by atoms with van der Waals surface area (Å²) in [5.41, 5.74) is 3.24. The number of benzene rings is 2. The summed E-state index contributed by atoms with van der Waals surface area (Å²) in [5, 5.41) is 11.6. The Morgan fingerprint density at radius 3 is 2.33 bits per heavy atom. The fraction of sp³-hybridized carbons (Fsp3) is 0.208. The highest BCUT2D eigenvalue weighted by Crippen LogP contribution is 2.42. The molecule has 1 aliphatic heterocycles. The van der Waals surface area contributed by atoms with Crippen LogP contribution in [0.1, 0.15) is 44.5 Å². The Morgan fingerprint density at radius 2 is 1.77 bits per heavy atom. The number of aliphatic hydroxyl groups excluding tert-OH is 1. The molecule has 6 heteroatoms. The number of aliphatic hydroxyl groups is 1. The predicted octanol–water partition coefficient (Wildman–Crippen LogP) is 5.11. The second-order valence-electron chi connectivity index (χ2n) is 7.25. The monoisotopic (exact) mass is 418 g/mol. The van der Waals surface area contributed by atoms with Crippen LogP contribution >= 0.6 is 11.3 Å². The summed E-state index contributed by atoms with van der Waals surface area (Å²) in [6.45, 7) is 5.66. The minimum absolute atomic E-state index is 0.0949. The zero-order valence-corrected chi connectivity index (χ0v) is 17.9. The van der Waals surface area contributed by atoms with E-state index in [0.717, 1.165) is 22.6 Å². The third-order valence-corrected chi connectivity index (χ3v) is 6.37. The molecule has 0 radical (unpaired) electrons. The summed E-state index contributed by atoms with van der Waals surface area (Å²) >= 11 is 1.28. The Bertz CT molecular complexity index is 1150. The van der Waals surface area contributed by atoms with Crippen LogP contribution in [-0.4, -0.2) is 21.8 Å². The highest BCUT2D eigenvalue weighted by molar-refractivity contribution is 7.14. The first-order valence-electron chi connectivity index (χ1n) is 9.81. The maximum atomic E-state index is 13.5. The van der Waals surface area contributed by atoms with E-state index in [4.69, 9.17) is 0 Å². The Balaban J connectivity index is 1.86. The van der Waals surface area contributed by atoms with Gasteiger partial charge in [-0.3, -0.25) is 14.5 Å². The zero-order chi connectivity index (χ0) is 21.4. The second kappa shape index (κ2) is 7.88. The van der Waals surface area contributed by atoms with E-state index in [0.29, 0.717) is 16.3 Å². The number of hydrogen-bond donors (Lipinski definition) is 1. The van der Waals surface area contributed by atoms with Gasteiger partial charge in [0, 0.05) is 5.69 Å². The number of Topliss-reactive ketones (excluding diaryl/α,β-unsaturated/α-hetero) is 1. The summed E-state index contributed by atoms with van der Waals surface area (Å²) in [5.74, 6) is -1.43. The van der Waals surface area contributed by atoms with Gasteiger partial charge in [0.05, 0.1) is 27.2 Å². The lowest BCUT2D eigenvalue weighted by molar-refractivity contribution is -0.117. The summed E-state index contributed by atoms with van der Waals surface area (Å²) in [7, 11) is 0. The van der Waals surface area contributed by atoms with Crippen molar-refractivity contribution in [1.82, 2.24) is 4.98 Å². The van der Waals surface area contributed by atoms with Gasteiger partial charge >= 0.3 is 0 Å². The van der Waals surface area contributed by atoms with Gasteiger partial charge in [0.1, 0.15) is 0 Å². The van der Waals surface area contributed by atoms with E-state index >= 15 is 0 Å². The van der Waals surface area contributed by atoms with Gasteiger partial charge in [0.15, 0.2) is 5.76 Å². The number of amides is 1. The highest BCUT2D eigenvalue weighted by atomic mass is 32.1. The van der Waals surface area contributed by atoms with Crippen molar-refractivity contribution in [2.24, 2.45) is 0 Å². The molecule has 1 aliphatic rings. The van der Waals surface area contributed by atoms with Crippen molar-refractivity contribution >= 4 is 28.7 Å². The predicted molar refractivity (Wildman–Crippen MR) is 118 cm³/mol. The average Bonchev–Trinajstić information content (AvgIpc) is 3.24. The maximum absolute atomic E-state index is 13.5. The van der Waals surface area contributed by atoms with Crippen LogP contribution in [0.3, 0.4) is 0 Å². The van der Waals surface area contributed by atoms with Gasteiger partial charge in [-0.2, -0.15) is 0 Å². The molecule has 1 atom stereocenters. The number of aromatic nitrogens is 1. The molecule has 0 saturated heterocycles. The number of thiazole rings is 1. The fourth-order valence-electron chi connectivity index (χ4n) is 3.81. The number of carbonyl (C=O) groups excluding carboxylic acids is 2. The van der Waals surface area contributed by atoms with Gasteiger partial charge in [-0.1, -0.05) is 49.4 Å². The van der Waals surface area contributed by atoms with Crippen molar-refractivity contribution in [2.75, 3.05) is 4.90 Å². The third kappa shape index (κ3) is 3.33. The van der Waals surface area contributed by atoms with Crippen LogP contribution in [0.15, 0.2) is 65.9 Å². The van der Waals surface area contributed by atoms with Gasteiger partial charge in [0.2, 0.25) is 5.78 Å². The first-order chi connectivity index (χ1) is 14.4. The molecule has 30 heavy (non-hydrogen) atoms. The molecule has 0 bridgehead atoms. The Labute approximate surface area is 179 Å². The SMILES string of the molecule is CCc1ccc(N2C(=O)C(O)=C(C(=O)c3sc(C)nc3C)C2c2ccccc2)cc1. The van der Waals surface area contributed by atoms with Crippen LogP contribution < -0.4 is 4.90 Å². The number of ketones is 1. The molecule has 1 N–H and O–H groups in total. The number of aryl methyl sites for hydroxylation is 3. The van der Waals surface area contributed by atoms with Crippen molar-refractivity contribution in [3.63, 3.8) is 0 Å². The lowest BCUT2D eigenvalue weighted by atomic mass is 9.95. The van der Waals surface area contributed by atoms with Gasteiger partial charge < -0.3 is 5.11 Å². The van der Waals surface area contributed by atoms with E-state index in [1.54, 1.807) is 6.92 Å². The Morgan fingerprint density at radius 1 is 1.10 bits per heavy atom. The number of hydrogen-bond acceptors (Lipinski definition) is 5. The Kier molecular flexibility index (Phi) is 5.26. The summed E-state index contributed by atoms with van der Waals surface area (Å²) < 4.78 is 0. The second-order valence-corrected chi connectivity index (χ2v) is 8.45. The van der Waals surface area contributed by atoms with Crippen LogP contribution in [0.25, 0.3) is 0 Å². The van der Waals surface area contributed by atoms with Crippen molar-refractivity contribution in [3.05, 3.63) is 92.6 Å². The van der Waals surface area contributed by atoms with E-state index < -0.39 is 17.7 Å². The van der Waals surface area contributed by atoms with E-state index in [1.807, 2.05) is 61.5 Å². The minimum Gasteiger partial charge on any atom is -0.503 e. The van der Waals surface area contributed by atoms with Crippen LogP contribution in [0, 0.1) is 13.8 Å². The molecule has 3 aromatic rings. The fourth-order valence-corrected chi connectivity index (χ4v) is 4.68. The molecule has 2 heterocycles. The number of anilines is 1. The molecule has 1 aromatic heterocycles. The van der Waals surface area contributed by atoms with Crippen LogP contribution in [-0.2, 0) is 11.2 Å². The molecule has 152 valence electrons. The molecule has 4 rings (SSSR count). The number of carbonyl (C=O) groups is 2. The molecule has 0 spiro atoms. The molecular weight excluding hydrogens is 396 g/mol. The van der Waals surface area contributed by atoms with Crippen molar-refractivity contribution in [2.45, 2.75) is 33.2 Å². The topological polar surface area (TPSA) is 70.5 Å². The van der Waals surface area contributed by atoms with E-state index in [9.17, 15) is 14.7 Å². The molecule has 5 nitrogen and oxygen atoms in total. The standard InChI is InChI=1S/C24H22N2O3S/c1-4-16-10-12-18(13-11-16)26-20(17-8-6-5-7-9-17)19(22(28)24(26)29)21(27)23-14(2)25-15(3)30-23/h5-13,20,28H,4H2,1-3H3. The first-order valence-corrected chi connectivity index (χ1v) is 10.6. The molecule has 2 aromatic carbocycles. The summed E-state index contributed by atoms with van der Waals surface area (Å²) in [4.78, 5) is 32.9. The van der Waals surface area contributed by atoms with Crippen molar-refractivity contribution in [3.8, 4) is 0 Å². The normalized spacial score (nSPS) is 16.4. The molecule has 0 fully saturated rings. The minimum atomic E-state index is -0.708.